The minimum atomic E-state index is -0.226. The maximum atomic E-state index is 11.5. The van der Waals surface area contributed by atoms with Gasteiger partial charge in [0.25, 0.3) is 0 Å². The van der Waals surface area contributed by atoms with E-state index in [0.717, 1.165) is 23.7 Å². The molecule has 0 saturated carbocycles. The SMILES string of the molecule is Cc1cc(C)cc(N2CCSCC2C(N)=O)c1. The van der Waals surface area contributed by atoms with Crippen molar-refractivity contribution in [1.29, 1.82) is 0 Å². The van der Waals surface area contributed by atoms with Crippen LogP contribution in [0.3, 0.4) is 0 Å². The fourth-order valence-electron chi connectivity index (χ4n) is 2.26. The van der Waals surface area contributed by atoms with Gasteiger partial charge < -0.3 is 10.6 Å². The van der Waals surface area contributed by atoms with Gasteiger partial charge in [-0.05, 0) is 37.1 Å². The molecule has 0 aromatic heterocycles. The molecule has 1 heterocycles. The van der Waals surface area contributed by atoms with Gasteiger partial charge in [0.1, 0.15) is 6.04 Å². The Morgan fingerprint density at radius 2 is 2.00 bits per heavy atom. The highest BCUT2D eigenvalue weighted by atomic mass is 32.2. The average Bonchev–Trinajstić information content (AvgIpc) is 2.27. The zero-order chi connectivity index (χ0) is 12.4. The summed E-state index contributed by atoms with van der Waals surface area (Å²) in [5, 5.41) is 0. The first-order valence-electron chi connectivity index (χ1n) is 5.80. The molecule has 1 saturated heterocycles. The van der Waals surface area contributed by atoms with Gasteiger partial charge >= 0.3 is 0 Å². The molecule has 1 aliphatic heterocycles. The van der Waals surface area contributed by atoms with E-state index in [1.165, 1.54) is 11.1 Å². The van der Waals surface area contributed by atoms with Crippen molar-refractivity contribution in [2.24, 2.45) is 5.73 Å². The van der Waals surface area contributed by atoms with Gasteiger partial charge in [-0.25, -0.2) is 0 Å². The summed E-state index contributed by atoms with van der Waals surface area (Å²) in [6.45, 7) is 5.05. The highest BCUT2D eigenvalue weighted by Gasteiger charge is 2.27. The van der Waals surface area contributed by atoms with Gasteiger partial charge in [0.2, 0.25) is 5.91 Å². The molecular weight excluding hydrogens is 232 g/mol. The standard InChI is InChI=1S/C13H18N2OS/c1-9-5-10(2)7-11(6-9)15-3-4-17-8-12(15)13(14)16/h5-7,12H,3-4,8H2,1-2H3,(H2,14,16). The van der Waals surface area contributed by atoms with Gasteiger partial charge in [0, 0.05) is 23.7 Å². The van der Waals surface area contributed by atoms with Gasteiger partial charge in [0.05, 0.1) is 0 Å². The van der Waals surface area contributed by atoms with E-state index in [1.807, 2.05) is 0 Å². The Kier molecular flexibility index (Phi) is 3.62. The second kappa shape index (κ2) is 5.00. The summed E-state index contributed by atoms with van der Waals surface area (Å²) in [7, 11) is 0. The van der Waals surface area contributed by atoms with Crippen molar-refractivity contribution in [2.75, 3.05) is 23.0 Å². The zero-order valence-corrected chi connectivity index (χ0v) is 11.1. The van der Waals surface area contributed by atoms with Crippen LogP contribution in [-0.2, 0) is 4.79 Å². The molecule has 1 aromatic carbocycles. The number of aryl methyl sites for hydroxylation is 2. The Balaban J connectivity index is 2.32. The lowest BCUT2D eigenvalue weighted by Gasteiger charge is -2.35. The molecule has 0 aliphatic carbocycles. The topological polar surface area (TPSA) is 46.3 Å². The Labute approximate surface area is 106 Å². The molecule has 17 heavy (non-hydrogen) atoms. The monoisotopic (exact) mass is 250 g/mol. The normalized spacial score (nSPS) is 20.4. The highest BCUT2D eigenvalue weighted by molar-refractivity contribution is 7.99. The number of rotatable bonds is 2. The number of primary amides is 1. The summed E-state index contributed by atoms with van der Waals surface area (Å²) in [6, 6.07) is 6.22. The first kappa shape index (κ1) is 12.3. The van der Waals surface area contributed by atoms with Gasteiger partial charge in [0.15, 0.2) is 0 Å². The number of anilines is 1. The minimum absolute atomic E-state index is 0.171. The van der Waals surface area contributed by atoms with Crippen molar-refractivity contribution in [3.05, 3.63) is 29.3 Å². The van der Waals surface area contributed by atoms with Crippen LogP contribution in [0.15, 0.2) is 18.2 Å². The predicted molar refractivity (Wildman–Crippen MR) is 73.6 cm³/mol. The fourth-order valence-corrected chi connectivity index (χ4v) is 3.32. The van der Waals surface area contributed by atoms with E-state index in [-0.39, 0.29) is 11.9 Å². The fraction of sp³-hybridized carbons (Fsp3) is 0.462. The van der Waals surface area contributed by atoms with Gasteiger partial charge in [-0.2, -0.15) is 11.8 Å². The molecule has 2 N–H and O–H groups in total. The lowest BCUT2D eigenvalue weighted by Crippen LogP contribution is -2.50. The molecule has 1 aromatic rings. The van der Waals surface area contributed by atoms with Crippen molar-refractivity contribution < 1.29 is 4.79 Å². The number of nitrogens with two attached hydrogens (primary N) is 1. The molecule has 3 nitrogen and oxygen atoms in total. The van der Waals surface area contributed by atoms with Crippen molar-refractivity contribution in [2.45, 2.75) is 19.9 Å². The number of carbonyl (C=O) groups is 1. The van der Waals surface area contributed by atoms with Crippen LogP contribution in [0, 0.1) is 13.8 Å². The van der Waals surface area contributed by atoms with Gasteiger partial charge in [-0.3, -0.25) is 4.79 Å². The number of carbonyl (C=O) groups excluding carboxylic acids is 1. The number of nitrogens with zero attached hydrogens (tertiary/aromatic N) is 1. The quantitative estimate of drug-likeness (QED) is 0.869. The van der Waals surface area contributed by atoms with Crippen LogP contribution < -0.4 is 10.6 Å². The second-order valence-corrected chi connectivity index (χ2v) is 5.68. The summed E-state index contributed by atoms with van der Waals surface area (Å²) in [5.74, 6) is 1.62. The van der Waals surface area contributed by atoms with E-state index in [0.29, 0.717) is 0 Å². The summed E-state index contributed by atoms with van der Waals surface area (Å²) in [6.07, 6.45) is 0. The van der Waals surface area contributed by atoms with Crippen molar-refractivity contribution in [1.82, 2.24) is 0 Å². The first-order chi connectivity index (χ1) is 8.08. The van der Waals surface area contributed by atoms with E-state index in [2.05, 4.69) is 36.9 Å². The summed E-state index contributed by atoms with van der Waals surface area (Å²) in [5.41, 5.74) is 9.04. The molecular formula is C13H18N2OS. The minimum Gasteiger partial charge on any atom is -0.368 e. The number of amides is 1. The van der Waals surface area contributed by atoms with E-state index in [9.17, 15) is 4.79 Å². The molecule has 1 aliphatic rings. The Morgan fingerprint density at radius 1 is 1.35 bits per heavy atom. The molecule has 0 radical (unpaired) electrons. The molecule has 1 amide bonds. The van der Waals surface area contributed by atoms with E-state index < -0.39 is 0 Å². The second-order valence-electron chi connectivity index (χ2n) is 4.53. The maximum Gasteiger partial charge on any atom is 0.240 e. The first-order valence-corrected chi connectivity index (χ1v) is 6.95. The van der Waals surface area contributed by atoms with Crippen LogP contribution in [0.4, 0.5) is 5.69 Å². The molecule has 1 fully saturated rings. The number of benzene rings is 1. The predicted octanol–water partition coefficient (Wildman–Crippen LogP) is 1.71. The van der Waals surface area contributed by atoms with Crippen LogP contribution >= 0.6 is 11.8 Å². The van der Waals surface area contributed by atoms with Crippen LogP contribution in [0.25, 0.3) is 0 Å². The van der Waals surface area contributed by atoms with E-state index in [4.69, 9.17) is 5.73 Å². The van der Waals surface area contributed by atoms with Crippen LogP contribution in [0.5, 0.6) is 0 Å². The molecule has 0 spiro atoms. The van der Waals surface area contributed by atoms with E-state index in [1.54, 1.807) is 11.8 Å². The summed E-state index contributed by atoms with van der Waals surface area (Å²) < 4.78 is 0. The third-order valence-corrected chi connectivity index (χ3v) is 4.02. The maximum absolute atomic E-state index is 11.5. The molecule has 0 bridgehead atoms. The Bertz CT molecular complexity index is 413. The third kappa shape index (κ3) is 2.75. The number of hydrogen-bond donors (Lipinski definition) is 1. The molecule has 1 unspecified atom stereocenters. The largest absolute Gasteiger partial charge is 0.368 e. The third-order valence-electron chi connectivity index (χ3n) is 2.99. The van der Waals surface area contributed by atoms with Crippen LogP contribution in [0.2, 0.25) is 0 Å². The number of hydrogen-bond acceptors (Lipinski definition) is 3. The Hall–Kier alpha value is -1.16. The van der Waals surface area contributed by atoms with Crippen LogP contribution in [-0.4, -0.2) is 30.0 Å². The molecule has 92 valence electrons. The zero-order valence-electron chi connectivity index (χ0n) is 10.3. The highest BCUT2D eigenvalue weighted by Crippen LogP contribution is 2.25. The average molecular weight is 250 g/mol. The van der Waals surface area contributed by atoms with Crippen molar-refractivity contribution in [3.63, 3.8) is 0 Å². The number of thioether (sulfide) groups is 1. The molecule has 4 heteroatoms. The smallest absolute Gasteiger partial charge is 0.240 e. The lowest BCUT2D eigenvalue weighted by molar-refractivity contribution is -0.118. The van der Waals surface area contributed by atoms with Gasteiger partial charge in [-0.1, -0.05) is 6.07 Å². The summed E-state index contributed by atoms with van der Waals surface area (Å²) >= 11 is 1.80. The molecule has 1 atom stereocenters. The van der Waals surface area contributed by atoms with Crippen molar-refractivity contribution in [3.8, 4) is 0 Å². The van der Waals surface area contributed by atoms with Crippen molar-refractivity contribution >= 4 is 23.4 Å². The van der Waals surface area contributed by atoms with Gasteiger partial charge in [-0.15, -0.1) is 0 Å². The summed E-state index contributed by atoms with van der Waals surface area (Å²) in [4.78, 5) is 13.6. The molecule has 2 rings (SSSR count). The van der Waals surface area contributed by atoms with E-state index >= 15 is 0 Å². The lowest BCUT2D eigenvalue weighted by atomic mass is 10.1. The Morgan fingerprint density at radius 3 is 2.59 bits per heavy atom. The van der Waals surface area contributed by atoms with Crippen LogP contribution in [0.1, 0.15) is 11.1 Å².